The third kappa shape index (κ3) is 3.33. The van der Waals surface area contributed by atoms with Gasteiger partial charge in [0.2, 0.25) is 0 Å². The number of ether oxygens (including phenoxy) is 1. The van der Waals surface area contributed by atoms with E-state index in [0.29, 0.717) is 34.4 Å². The number of hydrogen-bond donors (Lipinski definition) is 0. The monoisotopic (exact) mass is 362 g/mol. The Labute approximate surface area is 150 Å². The molecular formula is C19H16Cl2O3. The molecule has 0 amide bonds. The summed E-state index contributed by atoms with van der Waals surface area (Å²) in [6, 6.07) is 10.5. The van der Waals surface area contributed by atoms with Crippen LogP contribution in [0.1, 0.15) is 36.8 Å². The zero-order chi connectivity index (χ0) is 17.3. The van der Waals surface area contributed by atoms with Crippen molar-refractivity contribution in [2.24, 2.45) is 0 Å². The lowest BCUT2D eigenvalue weighted by molar-refractivity contribution is -0.123. The summed E-state index contributed by atoms with van der Waals surface area (Å²) in [4.78, 5) is 24.2. The molecule has 1 aliphatic carbocycles. The van der Waals surface area contributed by atoms with E-state index in [1.807, 2.05) is 19.1 Å². The molecule has 0 bridgehead atoms. The third-order valence-electron chi connectivity index (χ3n) is 4.19. The summed E-state index contributed by atoms with van der Waals surface area (Å²) >= 11 is 12.0. The maximum Gasteiger partial charge on any atom is 0.148 e. The van der Waals surface area contributed by atoms with Crippen LogP contribution in [0.5, 0.6) is 11.5 Å². The van der Waals surface area contributed by atoms with Crippen molar-refractivity contribution in [2.45, 2.75) is 32.1 Å². The van der Waals surface area contributed by atoms with E-state index in [1.165, 1.54) is 0 Å². The summed E-state index contributed by atoms with van der Waals surface area (Å²) in [5.41, 5.74) is 1.73. The van der Waals surface area contributed by atoms with Gasteiger partial charge in [0, 0.05) is 17.9 Å². The Morgan fingerprint density at radius 1 is 1.04 bits per heavy atom. The number of Topliss-reactive ketones (excluding diaryl/α,β-unsaturated/α-hetero) is 2. The summed E-state index contributed by atoms with van der Waals surface area (Å²) < 4.78 is 5.82. The zero-order valence-corrected chi connectivity index (χ0v) is 14.7. The highest BCUT2D eigenvalue weighted by atomic mass is 35.5. The number of halogens is 2. The minimum atomic E-state index is -0.663. The number of hydrogen-bond acceptors (Lipinski definition) is 3. The molecule has 0 N–H and O–H groups in total. The second-order valence-corrected chi connectivity index (χ2v) is 6.60. The van der Waals surface area contributed by atoms with E-state index >= 15 is 0 Å². The third-order valence-corrected chi connectivity index (χ3v) is 4.72. The molecule has 0 aliphatic heterocycles. The lowest BCUT2D eigenvalue weighted by Crippen LogP contribution is -2.14. The first-order chi connectivity index (χ1) is 11.5. The van der Waals surface area contributed by atoms with Crippen LogP contribution < -0.4 is 4.74 Å². The van der Waals surface area contributed by atoms with Crippen LogP contribution >= 0.6 is 23.2 Å². The number of ketones is 2. The normalized spacial score (nSPS) is 15.1. The highest BCUT2D eigenvalue weighted by Crippen LogP contribution is 2.36. The number of carbonyl (C=O) groups is 2. The van der Waals surface area contributed by atoms with Gasteiger partial charge >= 0.3 is 0 Å². The Kier molecular flexibility index (Phi) is 4.93. The molecule has 0 saturated heterocycles. The molecule has 24 heavy (non-hydrogen) atoms. The van der Waals surface area contributed by atoms with Crippen molar-refractivity contribution in [1.82, 2.24) is 0 Å². The van der Waals surface area contributed by atoms with Crippen molar-refractivity contribution in [3.05, 3.63) is 57.6 Å². The van der Waals surface area contributed by atoms with Crippen LogP contribution in [0.4, 0.5) is 0 Å². The van der Waals surface area contributed by atoms with Gasteiger partial charge in [-0.05, 0) is 47.9 Å². The Morgan fingerprint density at radius 2 is 1.75 bits per heavy atom. The maximum atomic E-state index is 12.1. The molecule has 3 rings (SSSR count). The van der Waals surface area contributed by atoms with Crippen molar-refractivity contribution >= 4 is 34.8 Å². The smallest absolute Gasteiger partial charge is 0.148 e. The molecule has 0 spiro atoms. The second-order valence-electron chi connectivity index (χ2n) is 5.76. The quantitative estimate of drug-likeness (QED) is 0.687. The molecule has 1 aliphatic rings. The average Bonchev–Trinajstić information content (AvgIpc) is 2.89. The summed E-state index contributed by atoms with van der Waals surface area (Å²) in [5, 5.41) is 0.924. The first kappa shape index (κ1) is 17.0. The number of benzene rings is 2. The van der Waals surface area contributed by atoms with Gasteiger partial charge in [-0.25, -0.2) is 0 Å². The Bertz CT molecular complexity index is 798. The molecule has 2 aromatic rings. The highest BCUT2D eigenvalue weighted by Gasteiger charge is 2.35. The van der Waals surface area contributed by atoms with Crippen molar-refractivity contribution in [3.63, 3.8) is 0 Å². The van der Waals surface area contributed by atoms with Gasteiger partial charge in [0.15, 0.2) is 0 Å². The molecular weight excluding hydrogens is 347 g/mol. The maximum absolute atomic E-state index is 12.1. The molecule has 3 nitrogen and oxygen atoms in total. The SMILES string of the molecule is CCc1ccc(Oc2ccc(Cl)cc2Cl)cc1C1C(=O)CCC1=O. The molecule has 1 fully saturated rings. The fourth-order valence-electron chi connectivity index (χ4n) is 2.97. The average molecular weight is 363 g/mol. The van der Waals surface area contributed by atoms with Gasteiger partial charge in [0.05, 0.1) is 5.02 Å². The molecule has 0 atom stereocenters. The van der Waals surface area contributed by atoms with Gasteiger partial charge in [-0.1, -0.05) is 36.2 Å². The summed E-state index contributed by atoms with van der Waals surface area (Å²) in [6.07, 6.45) is 1.38. The molecule has 124 valence electrons. The largest absolute Gasteiger partial charge is 0.456 e. The van der Waals surface area contributed by atoms with Crippen LogP contribution in [0.25, 0.3) is 0 Å². The van der Waals surface area contributed by atoms with E-state index in [0.717, 1.165) is 17.5 Å². The van der Waals surface area contributed by atoms with Gasteiger partial charge < -0.3 is 4.74 Å². The summed E-state index contributed by atoms with van der Waals surface area (Å²) in [7, 11) is 0. The van der Waals surface area contributed by atoms with E-state index in [1.54, 1.807) is 24.3 Å². The molecule has 0 unspecified atom stereocenters. The lowest BCUT2D eigenvalue weighted by Gasteiger charge is -2.15. The standard InChI is InChI=1S/C19H16Cl2O3/c1-2-11-3-5-13(24-18-8-4-12(20)9-15(18)21)10-14(11)19-16(22)6-7-17(19)23/h3-5,8-10,19H,2,6-7H2,1H3. The Morgan fingerprint density at radius 3 is 2.38 bits per heavy atom. The Balaban J connectivity index is 1.97. The fraction of sp³-hybridized carbons (Fsp3) is 0.263. The van der Waals surface area contributed by atoms with Crippen LogP contribution in [0.3, 0.4) is 0 Å². The first-order valence-corrected chi connectivity index (χ1v) is 8.56. The predicted molar refractivity (Wildman–Crippen MR) is 94.3 cm³/mol. The van der Waals surface area contributed by atoms with Crippen molar-refractivity contribution in [2.75, 3.05) is 0 Å². The molecule has 2 aromatic carbocycles. The predicted octanol–water partition coefficient (Wildman–Crippen LogP) is 5.36. The minimum absolute atomic E-state index is 0.0172. The van der Waals surface area contributed by atoms with Gasteiger partial charge in [-0.2, -0.15) is 0 Å². The fourth-order valence-corrected chi connectivity index (χ4v) is 3.42. The van der Waals surface area contributed by atoms with Crippen molar-refractivity contribution in [3.8, 4) is 11.5 Å². The van der Waals surface area contributed by atoms with E-state index in [4.69, 9.17) is 27.9 Å². The first-order valence-electron chi connectivity index (χ1n) is 7.80. The Hall–Kier alpha value is -1.84. The van der Waals surface area contributed by atoms with Crippen molar-refractivity contribution < 1.29 is 14.3 Å². The van der Waals surface area contributed by atoms with Crippen LogP contribution in [0, 0.1) is 0 Å². The van der Waals surface area contributed by atoms with E-state index < -0.39 is 5.92 Å². The zero-order valence-electron chi connectivity index (χ0n) is 13.1. The summed E-state index contributed by atoms with van der Waals surface area (Å²) in [5.74, 6) is 0.316. The van der Waals surface area contributed by atoms with Gasteiger partial charge in [0.1, 0.15) is 29.0 Å². The summed E-state index contributed by atoms with van der Waals surface area (Å²) in [6.45, 7) is 2.00. The van der Waals surface area contributed by atoms with Crippen LogP contribution in [0.15, 0.2) is 36.4 Å². The number of aryl methyl sites for hydroxylation is 1. The van der Waals surface area contributed by atoms with Gasteiger partial charge in [-0.3, -0.25) is 9.59 Å². The van der Waals surface area contributed by atoms with Crippen LogP contribution in [-0.4, -0.2) is 11.6 Å². The van der Waals surface area contributed by atoms with Crippen LogP contribution in [-0.2, 0) is 16.0 Å². The minimum Gasteiger partial charge on any atom is -0.456 e. The highest BCUT2D eigenvalue weighted by molar-refractivity contribution is 6.35. The number of rotatable bonds is 4. The molecule has 5 heteroatoms. The lowest BCUT2D eigenvalue weighted by atomic mass is 9.90. The second kappa shape index (κ2) is 6.96. The van der Waals surface area contributed by atoms with E-state index in [9.17, 15) is 9.59 Å². The van der Waals surface area contributed by atoms with E-state index in [2.05, 4.69) is 0 Å². The molecule has 1 saturated carbocycles. The molecule has 0 radical (unpaired) electrons. The van der Waals surface area contributed by atoms with Gasteiger partial charge in [-0.15, -0.1) is 0 Å². The number of carbonyl (C=O) groups excluding carboxylic acids is 2. The van der Waals surface area contributed by atoms with Gasteiger partial charge in [0.25, 0.3) is 0 Å². The molecule has 0 heterocycles. The van der Waals surface area contributed by atoms with Crippen molar-refractivity contribution in [1.29, 1.82) is 0 Å². The topological polar surface area (TPSA) is 43.4 Å². The van der Waals surface area contributed by atoms with E-state index in [-0.39, 0.29) is 11.6 Å². The molecule has 0 aromatic heterocycles. The van der Waals surface area contributed by atoms with Crippen LogP contribution in [0.2, 0.25) is 10.0 Å².